The zero-order chi connectivity index (χ0) is 9.52. The molecule has 0 fully saturated rings. The van der Waals surface area contributed by atoms with Crippen LogP contribution in [-0.4, -0.2) is 33.8 Å². The number of rotatable bonds is 6. The van der Waals surface area contributed by atoms with Crippen LogP contribution in [0.25, 0.3) is 0 Å². The van der Waals surface area contributed by atoms with Gasteiger partial charge in [0.2, 0.25) is 0 Å². The highest BCUT2D eigenvalue weighted by atomic mass is 32.2. The maximum atomic E-state index is 4.31. The molecule has 74 valence electrons. The van der Waals surface area contributed by atoms with E-state index in [-0.39, 0.29) is 0 Å². The molecule has 1 aromatic rings. The highest BCUT2D eigenvalue weighted by molar-refractivity contribution is 7.98. The van der Waals surface area contributed by atoms with Crippen LogP contribution < -0.4 is 5.32 Å². The largest absolute Gasteiger partial charge is 0.313 e. The maximum absolute atomic E-state index is 4.31. The second-order valence-electron chi connectivity index (χ2n) is 2.80. The Morgan fingerprint density at radius 1 is 1.62 bits per heavy atom. The lowest BCUT2D eigenvalue weighted by Crippen LogP contribution is -2.08. The van der Waals surface area contributed by atoms with E-state index in [1.54, 1.807) is 6.33 Å². The Bertz CT molecular complexity index is 236. The minimum absolute atomic E-state index is 0.746. The van der Waals surface area contributed by atoms with Crippen molar-refractivity contribution in [1.82, 2.24) is 20.1 Å². The van der Waals surface area contributed by atoms with Crippen molar-refractivity contribution in [2.75, 3.05) is 19.1 Å². The summed E-state index contributed by atoms with van der Waals surface area (Å²) in [5.74, 6) is 2.05. The van der Waals surface area contributed by atoms with Crippen LogP contribution in [0, 0.1) is 0 Å². The van der Waals surface area contributed by atoms with Crippen molar-refractivity contribution >= 4 is 11.8 Å². The van der Waals surface area contributed by atoms with Gasteiger partial charge in [-0.15, -0.1) is 0 Å². The van der Waals surface area contributed by atoms with Gasteiger partial charge in [0.25, 0.3) is 0 Å². The minimum atomic E-state index is 0.746. The Hall–Kier alpha value is -0.550. The molecule has 1 N–H and O–H groups in total. The van der Waals surface area contributed by atoms with Crippen molar-refractivity contribution in [2.45, 2.75) is 19.5 Å². The molecular weight excluding hydrogens is 184 g/mol. The molecule has 0 aliphatic carbocycles. The van der Waals surface area contributed by atoms with Gasteiger partial charge in [0, 0.05) is 6.54 Å². The average Bonchev–Trinajstić information content (AvgIpc) is 2.54. The van der Waals surface area contributed by atoms with Crippen molar-refractivity contribution in [3.05, 3.63) is 12.2 Å². The third-order valence-electron chi connectivity index (χ3n) is 1.65. The number of hydrogen-bond acceptors (Lipinski definition) is 4. The van der Waals surface area contributed by atoms with Crippen LogP contribution in [-0.2, 0) is 13.1 Å². The van der Waals surface area contributed by atoms with Crippen LogP contribution in [0.1, 0.15) is 12.2 Å². The molecule has 0 atom stereocenters. The second-order valence-corrected chi connectivity index (χ2v) is 3.79. The van der Waals surface area contributed by atoms with Crippen LogP contribution in [0.3, 0.4) is 0 Å². The first kappa shape index (κ1) is 10.5. The quantitative estimate of drug-likeness (QED) is 0.688. The van der Waals surface area contributed by atoms with E-state index in [2.05, 4.69) is 21.7 Å². The van der Waals surface area contributed by atoms with Gasteiger partial charge >= 0.3 is 0 Å². The van der Waals surface area contributed by atoms with Gasteiger partial charge in [-0.3, -0.25) is 4.68 Å². The molecule has 0 spiro atoms. The van der Waals surface area contributed by atoms with Gasteiger partial charge < -0.3 is 5.32 Å². The Labute approximate surface area is 83.1 Å². The molecule has 13 heavy (non-hydrogen) atoms. The van der Waals surface area contributed by atoms with E-state index in [1.165, 1.54) is 5.75 Å². The van der Waals surface area contributed by atoms with E-state index in [0.717, 1.165) is 25.3 Å². The molecule has 0 unspecified atom stereocenters. The van der Waals surface area contributed by atoms with E-state index in [9.17, 15) is 0 Å². The molecule has 0 amide bonds. The molecule has 0 aromatic carbocycles. The molecule has 0 saturated carbocycles. The van der Waals surface area contributed by atoms with Gasteiger partial charge in [0.1, 0.15) is 6.33 Å². The van der Waals surface area contributed by atoms with Gasteiger partial charge in [-0.05, 0) is 25.5 Å². The van der Waals surface area contributed by atoms with E-state index < -0.39 is 0 Å². The molecule has 0 aliphatic rings. The lowest BCUT2D eigenvalue weighted by molar-refractivity contribution is 0.592. The predicted octanol–water partition coefficient (Wildman–Crippen LogP) is 0.751. The molecule has 4 nitrogen and oxygen atoms in total. The topological polar surface area (TPSA) is 42.7 Å². The molecule has 0 saturated heterocycles. The third-order valence-corrected chi connectivity index (χ3v) is 2.35. The van der Waals surface area contributed by atoms with Crippen molar-refractivity contribution in [1.29, 1.82) is 0 Å². The summed E-state index contributed by atoms with van der Waals surface area (Å²) in [4.78, 5) is 4.17. The number of hydrogen-bond donors (Lipinski definition) is 1. The summed E-state index contributed by atoms with van der Waals surface area (Å²) in [5, 5.41) is 7.33. The van der Waals surface area contributed by atoms with E-state index in [4.69, 9.17) is 0 Å². The summed E-state index contributed by atoms with van der Waals surface area (Å²) in [5.41, 5.74) is 0. The Morgan fingerprint density at radius 2 is 2.46 bits per heavy atom. The van der Waals surface area contributed by atoms with Gasteiger partial charge in [0.15, 0.2) is 5.82 Å². The van der Waals surface area contributed by atoms with Crippen LogP contribution >= 0.6 is 11.8 Å². The molecular formula is C8H16N4S. The lowest BCUT2D eigenvalue weighted by Gasteiger charge is -1.97. The van der Waals surface area contributed by atoms with Crippen LogP contribution in [0.15, 0.2) is 6.33 Å². The zero-order valence-electron chi connectivity index (χ0n) is 8.16. The van der Waals surface area contributed by atoms with Crippen molar-refractivity contribution in [2.24, 2.45) is 0 Å². The molecule has 0 bridgehead atoms. The number of aryl methyl sites for hydroxylation is 1. The summed E-state index contributed by atoms with van der Waals surface area (Å²) in [7, 11) is 1.90. The Balaban J connectivity index is 2.31. The van der Waals surface area contributed by atoms with Crippen molar-refractivity contribution < 1.29 is 0 Å². The fourth-order valence-electron chi connectivity index (χ4n) is 1.05. The first-order valence-electron chi connectivity index (χ1n) is 4.38. The summed E-state index contributed by atoms with van der Waals surface area (Å²) >= 11 is 1.86. The standard InChI is InChI=1S/C8H16N4S/c1-9-6-8-10-7-12(11-8)4-3-5-13-2/h7,9H,3-6H2,1-2H3. The van der Waals surface area contributed by atoms with Crippen molar-refractivity contribution in [3.8, 4) is 0 Å². The molecule has 0 radical (unpaired) electrons. The van der Waals surface area contributed by atoms with E-state index in [0.29, 0.717) is 0 Å². The molecule has 5 heteroatoms. The first-order chi connectivity index (χ1) is 6.36. The second kappa shape index (κ2) is 5.99. The number of thioether (sulfide) groups is 1. The smallest absolute Gasteiger partial charge is 0.164 e. The first-order valence-corrected chi connectivity index (χ1v) is 5.78. The van der Waals surface area contributed by atoms with Gasteiger partial charge in [-0.1, -0.05) is 0 Å². The lowest BCUT2D eigenvalue weighted by atomic mass is 10.5. The predicted molar refractivity (Wildman–Crippen MR) is 55.8 cm³/mol. The number of nitrogens with one attached hydrogen (secondary N) is 1. The SMILES string of the molecule is CNCc1ncn(CCCSC)n1. The highest BCUT2D eigenvalue weighted by Gasteiger charge is 1.98. The van der Waals surface area contributed by atoms with Crippen LogP contribution in [0.5, 0.6) is 0 Å². The molecule has 1 heterocycles. The summed E-state index contributed by atoms with van der Waals surface area (Å²) in [6.07, 6.45) is 5.07. The molecule has 1 aromatic heterocycles. The maximum Gasteiger partial charge on any atom is 0.164 e. The Kier molecular flexibility index (Phi) is 4.85. The highest BCUT2D eigenvalue weighted by Crippen LogP contribution is 1.98. The fourth-order valence-corrected chi connectivity index (χ4v) is 1.47. The summed E-state index contributed by atoms with van der Waals surface area (Å²) in [6.45, 7) is 1.72. The van der Waals surface area contributed by atoms with Gasteiger partial charge in [-0.25, -0.2) is 4.98 Å². The molecule has 1 rings (SSSR count). The molecule has 0 aliphatic heterocycles. The minimum Gasteiger partial charge on any atom is -0.313 e. The Morgan fingerprint density at radius 3 is 3.15 bits per heavy atom. The normalized spacial score (nSPS) is 10.6. The number of aromatic nitrogens is 3. The zero-order valence-corrected chi connectivity index (χ0v) is 8.97. The van der Waals surface area contributed by atoms with Gasteiger partial charge in [-0.2, -0.15) is 16.9 Å². The summed E-state index contributed by atoms with van der Waals surface area (Å²) in [6, 6.07) is 0. The van der Waals surface area contributed by atoms with Gasteiger partial charge in [0.05, 0.1) is 6.54 Å². The van der Waals surface area contributed by atoms with E-state index >= 15 is 0 Å². The summed E-state index contributed by atoms with van der Waals surface area (Å²) < 4.78 is 1.91. The average molecular weight is 200 g/mol. The van der Waals surface area contributed by atoms with E-state index in [1.807, 2.05) is 23.5 Å². The fraction of sp³-hybridized carbons (Fsp3) is 0.750. The number of nitrogens with zero attached hydrogens (tertiary/aromatic N) is 3. The van der Waals surface area contributed by atoms with Crippen LogP contribution in [0.2, 0.25) is 0 Å². The monoisotopic (exact) mass is 200 g/mol. The van der Waals surface area contributed by atoms with Crippen molar-refractivity contribution in [3.63, 3.8) is 0 Å². The van der Waals surface area contributed by atoms with Crippen LogP contribution in [0.4, 0.5) is 0 Å². The third kappa shape index (κ3) is 3.78.